The van der Waals surface area contributed by atoms with Crippen LogP contribution in [0.25, 0.3) is 11.5 Å². The third kappa shape index (κ3) is 1.96. The lowest BCUT2D eigenvalue weighted by atomic mass is 10.2. The number of hydrogen-bond acceptors (Lipinski definition) is 5. The second kappa shape index (κ2) is 4.08. The molecule has 0 aliphatic rings. The van der Waals surface area contributed by atoms with E-state index in [2.05, 4.69) is 22.1 Å². The van der Waals surface area contributed by atoms with Crippen molar-refractivity contribution >= 4 is 5.82 Å². The molecule has 0 aromatic carbocycles. The Morgan fingerprint density at radius 2 is 2.27 bits per heavy atom. The second-order valence-electron chi connectivity index (χ2n) is 3.19. The summed E-state index contributed by atoms with van der Waals surface area (Å²) in [6, 6.07) is 3.60. The Bertz CT molecular complexity index is 452. The van der Waals surface area contributed by atoms with E-state index < -0.39 is 0 Å². The smallest absolute Gasteiger partial charge is 0.251 e. The summed E-state index contributed by atoms with van der Waals surface area (Å²) in [7, 11) is 0. The minimum atomic E-state index is 0.407. The number of rotatable bonds is 3. The van der Waals surface area contributed by atoms with Crippen molar-refractivity contribution in [2.75, 3.05) is 5.73 Å². The van der Waals surface area contributed by atoms with Crippen LogP contribution in [0.2, 0.25) is 0 Å². The number of aryl methyl sites for hydroxylation is 1. The van der Waals surface area contributed by atoms with E-state index in [-0.39, 0.29) is 0 Å². The van der Waals surface area contributed by atoms with Crippen LogP contribution in [0.3, 0.4) is 0 Å². The maximum Gasteiger partial charge on any atom is 0.251 e. The summed E-state index contributed by atoms with van der Waals surface area (Å²) >= 11 is 0. The van der Waals surface area contributed by atoms with E-state index >= 15 is 0 Å². The molecule has 2 aromatic rings. The van der Waals surface area contributed by atoms with Gasteiger partial charge in [0.15, 0.2) is 0 Å². The van der Waals surface area contributed by atoms with Gasteiger partial charge in [0.25, 0.3) is 5.89 Å². The Labute approximate surface area is 87.3 Å². The molecule has 0 radical (unpaired) electrons. The van der Waals surface area contributed by atoms with E-state index in [0.717, 1.165) is 12.8 Å². The van der Waals surface area contributed by atoms with Crippen LogP contribution in [-0.2, 0) is 6.42 Å². The fraction of sp³-hybridized carbons (Fsp3) is 0.300. The first-order chi connectivity index (χ1) is 7.31. The highest BCUT2D eigenvalue weighted by molar-refractivity contribution is 5.65. The van der Waals surface area contributed by atoms with Gasteiger partial charge in [0.05, 0.1) is 5.56 Å². The van der Waals surface area contributed by atoms with Gasteiger partial charge in [0.1, 0.15) is 5.82 Å². The van der Waals surface area contributed by atoms with Crippen molar-refractivity contribution in [3.63, 3.8) is 0 Å². The Morgan fingerprint density at radius 3 is 3.00 bits per heavy atom. The van der Waals surface area contributed by atoms with E-state index in [1.54, 1.807) is 12.3 Å². The lowest BCUT2D eigenvalue weighted by molar-refractivity contribution is 0.502. The average Bonchev–Trinajstić information content (AvgIpc) is 2.68. The molecule has 0 unspecified atom stereocenters. The lowest BCUT2D eigenvalue weighted by Crippen LogP contribution is -1.92. The Kier molecular flexibility index (Phi) is 2.62. The molecule has 5 heteroatoms. The molecule has 0 spiro atoms. The van der Waals surface area contributed by atoms with Gasteiger partial charge in [0, 0.05) is 12.6 Å². The second-order valence-corrected chi connectivity index (χ2v) is 3.19. The van der Waals surface area contributed by atoms with E-state index in [0.29, 0.717) is 23.2 Å². The first-order valence-corrected chi connectivity index (χ1v) is 4.84. The summed E-state index contributed by atoms with van der Waals surface area (Å²) in [5.41, 5.74) is 6.38. The number of aromatic nitrogens is 3. The maximum atomic E-state index is 5.70. The zero-order valence-corrected chi connectivity index (χ0v) is 8.47. The minimum Gasteiger partial charge on any atom is -0.421 e. The van der Waals surface area contributed by atoms with Crippen molar-refractivity contribution in [2.24, 2.45) is 0 Å². The van der Waals surface area contributed by atoms with Gasteiger partial charge in [-0.25, -0.2) is 4.98 Å². The molecule has 0 amide bonds. The lowest BCUT2D eigenvalue weighted by Gasteiger charge is -1.97. The van der Waals surface area contributed by atoms with Crippen molar-refractivity contribution in [1.82, 2.24) is 15.2 Å². The zero-order chi connectivity index (χ0) is 10.7. The Balaban J connectivity index is 2.33. The van der Waals surface area contributed by atoms with Crippen LogP contribution < -0.4 is 5.73 Å². The highest BCUT2D eigenvalue weighted by Gasteiger charge is 2.10. The molecule has 0 fully saturated rings. The van der Waals surface area contributed by atoms with E-state index in [4.69, 9.17) is 10.2 Å². The summed E-state index contributed by atoms with van der Waals surface area (Å²) in [6.07, 6.45) is 3.39. The molecule has 2 heterocycles. The molecule has 0 bridgehead atoms. The maximum absolute atomic E-state index is 5.70. The summed E-state index contributed by atoms with van der Waals surface area (Å²) in [5.74, 6) is 1.48. The number of hydrogen-bond donors (Lipinski definition) is 1. The van der Waals surface area contributed by atoms with Gasteiger partial charge in [-0.1, -0.05) is 6.92 Å². The van der Waals surface area contributed by atoms with Crippen molar-refractivity contribution in [3.05, 3.63) is 24.2 Å². The quantitative estimate of drug-likeness (QED) is 0.822. The summed E-state index contributed by atoms with van der Waals surface area (Å²) in [6.45, 7) is 2.06. The number of nitrogen functional groups attached to an aromatic ring is 1. The van der Waals surface area contributed by atoms with E-state index in [1.165, 1.54) is 0 Å². The van der Waals surface area contributed by atoms with E-state index in [9.17, 15) is 0 Å². The van der Waals surface area contributed by atoms with Crippen LogP contribution in [-0.4, -0.2) is 15.2 Å². The molecule has 2 rings (SSSR count). The SMILES string of the molecule is CCCc1nnc(-c2cccnc2N)o1. The summed E-state index contributed by atoms with van der Waals surface area (Å²) < 4.78 is 5.45. The number of pyridine rings is 1. The van der Waals surface area contributed by atoms with Gasteiger partial charge >= 0.3 is 0 Å². The van der Waals surface area contributed by atoms with Crippen molar-refractivity contribution in [2.45, 2.75) is 19.8 Å². The molecule has 2 N–H and O–H groups in total. The molecule has 5 nitrogen and oxygen atoms in total. The van der Waals surface area contributed by atoms with Crippen LogP contribution in [0.15, 0.2) is 22.7 Å². The molecule has 2 aromatic heterocycles. The first-order valence-electron chi connectivity index (χ1n) is 4.84. The molecule has 78 valence electrons. The standard InChI is InChI=1S/C10H12N4O/c1-2-4-8-13-14-10(15-8)7-5-3-6-12-9(7)11/h3,5-6H,2,4H2,1H3,(H2,11,12). The normalized spacial score (nSPS) is 10.5. The largest absolute Gasteiger partial charge is 0.421 e. The van der Waals surface area contributed by atoms with Crippen molar-refractivity contribution in [3.8, 4) is 11.5 Å². The van der Waals surface area contributed by atoms with Crippen LogP contribution in [0.5, 0.6) is 0 Å². The summed E-state index contributed by atoms with van der Waals surface area (Å²) in [4.78, 5) is 3.96. The molecule has 0 saturated heterocycles. The topological polar surface area (TPSA) is 77.8 Å². The third-order valence-electron chi connectivity index (χ3n) is 2.00. The molecule has 0 aliphatic carbocycles. The van der Waals surface area contributed by atoms with Crippen LogP contribution in [0.4, 0.5) is 5.82 Å². The summed E-state index contributed by atoms with van der Waals surface area (Å²) in [5, 5.41) is 7.85. The van der Waals surface area contributed by atoms with Gasteiger partial charge in [0.2, 0.25) is 5.89 Å². The third-order valence-corrected chi connectivity index (χ3v) is 2.00. The Morgan fingerprint density at radius 1 is 1.40 bits per heavy atom. The predicted octanol–water partition coefficient (Wildman–Crippen LogP) is 1.67. The average molecular weight is 204 g/mol. The molecule has 0 atom stereocenters. The Hall–Kier alpha value is -1.91. The fourth-order valence-electron chi connectivity index (χ4n) is 1.28. The van der Waals surface area contributed by atoms with Gasteiger partial charge in [-0.2, -0.15) is 0 Å². The monoisotopic (exact) mass is 204 g/mol. The van der Waals surface area contributed by atoms with Gasteiger partial charge in [-0.3, -0.25) is 0 Å². The first kappa shape index (κ1) is 9.64. The van der Waals surface area contributed by atoms with Crippen LogP contribution in [0.1, 0.15) is 19.2 Å². The fourth-order valence-corrected chi connectivity index (χ4v) is 1.28. The van der Waals surface area contributed by atoms with Crippen LogP contribution in [0, 0.1) is 0 Å². The van der Waals surface area contributed by atoms with Gasteiger partial charge in [-0.15, -0.1) is 10.2 Å². The number of anilines is 1. The highest BCUT2D eigenvalue weighted by Crippen LogP contribution is 2.22. The minimum absolute atomic E-state index is 0.407. The molecular weight excluding hydrogens is 192 g/mol. The zero-order valence-electron chi connectivity index (χ0n) is 8.47. The van der Waals surface area contributed by atoms with Crippen molar-refractivity contribution in [1.29, 1.82) is 0 Å². The molecule has 0 aliphatic heterocycles. The van der Waals surface area contributed by atoms with Gasteiger partial charge in [-0.05, 0) is 18.6 Å². The molecule has 0 saturated carbocycles. The number of nitrogens with zero attached hydrogens (tertiary/aromatic N) is 3. The van der Waals surface area contributed by atoms with Crippen molar-refractivity contribution < 1.29 is 4.42 Å². The van der Waals surface area contributed by atoms with Gasteiger partial charge < -0.3 is 10.2 Å². The predicted molar refractivity (Wildman–Crippen MR) is 55.9 cm³/mol. The number of nitrogens with two attached hydrogens (primary N) is 1. The van der Waals surface area contributed by atoms with E-state index in [1.807, 2.05) is 6.07 Å². The van der Waals surface area contributed by atoms with Crippen LogP contribution >= 0.6 is 0 Å². The molecular formula is C10H12N4O. The molecule has 15 heavy (non-hydrogen) atoms. The highest BCUT2D eigenvalue weighted by atomic mass is 16.4.